The second-order valence-electron chi connectivity index (χ2n) is 13.6. The van der Waals surface area contributed by atoms with Crippen LogP contribution in [0.2, 0.25) is 0 Å². The van der Waals surface area contributed by atoms with Gasteiger partial charge in [-0.15, -0.1) is 0 Å². The number of ether oxygens (including phenoxy) is 4. The average molecular weight is 502 g/mol. The van der Waals surface area contributed by atoms with Gasteiger partial charge in [0.2, 0.25) is 0 Å². The summed E-state index contributed by atoms with van der Waals surface area (Å²) >= 11 is 0. The molecule has 0 bridgehead atoms. The maximum absolute atomic E-state index is 12.0. The summed E-state index contributed by atoms with van der Waals surface area (Å²) in [4.78, 5) is 23.9. The number of hydrogen-bond acceptors (Lipinski definition) is 7. The minimum atomic E-state index is -0.468. The van der Waals surface area contributed by atoms with Gasteiger partial charge in [-0.05, 0) is 109 Å². The van der Waals surface area contributed by atoms with E-state index in [1.807, 2.05) is 62.3 Å². The lowest BCUT2D eigenvalue weighted by Crippen LogP contribution is -2.55. The Morgan fingerprint density at radius 2 is 1.20 bits per heavy atom. The van der Waals surface area contributed by atoms with Crippen molar-refractivity contribution >= 4 is 11.9 Å². The average Bonchev–Trinajstić information content (AvgIpc) is 2.59. The SMILES string of the molecule is CC(CCC(=O)OC(C)(C)C)OCC(C)(C)NC(C)(C)CCOC(C)(C)CCC(=O)OC(C)(C)C. The van der Waals surface area contributed by atoms with Gasteiger partial charge in [0.25, 0.3) is 0 Å². The molecular weight excluding hydrogens is 446 g/mol. The van der Waals surface area contributed by atoms with Gasteiger partial charge in [0, 0.05) is 30.5 Å². The Morgan fingerprint density at radius 1 is 0.714 bits per heavy atom. The van der Waals surface area contributed by atoms with Crippen LogP contribution in [-0.2, 0) is 28.5 Å². The Morgan fingerprint density at radius 3 is 1.69 bits per heavy atom. The van der Waals surface area contributed by atoms with Crippen molar-refractivity contribution in [1.29, 1.82) is 0 Å². The van der Waals surface area contributed by atoms with E-state index in [0.717, 1.165) is 6.42 Å². The van der Waals surface area contributed by atoms with Gasteiger partial charge in [-0.2, -0.15) is 0 Å². The number of rotatable bonds is 15. The lowest BCUT2D eigenvalue weighted by molar-refractivity contribution is -0.157. The monoisotopic (exact) mass is 501 g/mol. The van der Waals surface area contributed by atoms with Gasteiger partial charge in [0.05, 0.1) is 18.3 Å². The minimum absolute atomic E-state index is 0.0409. The quantitative estimate of drug-likeness (QED) is 0.277. The van der Waals surface area contributed by atoms with Gasteiger partial charge < -0.3 is 24.3 Å². The fourth-order valence-corrected chi connectivity index (χ4v) is 3.61. The van der Waals surface area contributed by atoms with Crippen molar-refractivity contribution in [3.8, 4) is 0 Å². The topological polar surface area (TPSA) is 83.1 Å². The summed E-state index contributed by atoms with van der Waals surface area (Å²) in [5.41, 5.74) is -1.77. The van der Waals surface area contributed by atoms with Crippen molar-refractivity contribution in [2.75, 3.05) is 13.2 Å². The van der Waals surface area contributed by atoms with Crippen LogP contribution in [0.4, 0.5) is 0 Å². The Balaban J connectivity index is 4.43. The number of carbonyl (C=O) groups excluding carboxylic acids is 2. The molecule has 35 heavy (non-hydrogen) atoms. The van der Waals surface area contributed by atoms with Gasteiger partial charge in [0.15, 0.2) is 0 Å². The summed E-state index contributed by atoms with van der Waals surface area (Å²) in [5, 5.41) is 3.68. The van der Waals surface area contributed by atoms with E-state index in [9.17, 15) is 9.59 Å². The Kier molecular flexibility index (Phi) is 12.9. The molecule has 1 unspecified atom stereocenters. The highest BCUT2D eigenvalue weighted by atomic mass is 16.6. The standard InChI is InChI=1S/C28H55NO6/c1-21(14-15-22(30)34-24(2,3)4)32-20-27(10,11)29-26(8,9)18-19-33-28(12,13)17-16-23(31)35-25(5,6)7/h21,29H,14-20H2,1-13H3. The molecule has 7 heteroatoms. The smallest absolute Gasteiger partial charge is 0.306 e. The van der Waals surface area contributed by atoms with Crippen LogP contribution in [0.1, 0.15) is 122 Å². The zero-order valence-electron chi connectivity index (χ0n) is 25.0. The van der Waals surface area contributed by atoms with Crippen LogP contribution in [-0.4, -0.2) is 59.1 Å². The van der Waals surface area contributed by atoms with Crippen molar-refractivity contribution in [1.82, 2.24) is 5.32 Å². The molecule has 0 heterocycles. The molecule has 0 aromatic carbocycles. The fourth-order valence-electron chi connectivity index (χ4n) is 3.61. The van der Waals surface area contributed by atoms with Crippen LogP contribution in [0.25, 0.3) is 0 Å². The molecule has 7 nitrogen and oxygen atoms in total. The first-order chi connectivity index (χ1) is 15.5. The molecule has 0 spiro atoms. The first-order valence-corrected chi connectivity index (χ1v) is 13.0. The molecular formula is C28H55NO6. The van der Waals surface area contributed by atoms with E-state index in [4.69, 9.17) is 18.9 Å². The number of carbonyl (C=O) groups is 2. The van der Waals surface area contributed by atoms with E-state index in [1.54, 1.807) is 0 Å². The van der Waals surface area contributed by atoms with Gasteiger partial charge in [-0.1, -0.05) is 0 Å². The van der Waals surface area contributed by atoms with E-state index in [2.05, 4.69) is 33.0 Å². The van der Waals surface area contributed by atoms with E-state index in [0.29, 0.717) is 38.9 Å². The predicted molar refractivity (Wildman–Crippen MR) is 142 cm³/mol. The molecule has 0 aliphatic rings. The van der Waals surface area contributed by atoms with Gasteiger partial charge in [-0.3, -0.25) is 9.59 Å². The van der Waals surface area contributed by atoms with E-state index in [-0.39, 0.29) is 29.1 Å². The molecule has 208 valence electrons. The third-order valence-electron chi connectivity index (χ3n) is 5.15. The Bertz CT molecular complexity index is 655. The Labute approximate surface area is 215 Å². The maximum Gasteiger partial charge on any atom is 0.306 e. The predicted octanol–water partition coefficient (Wildman–Crippen LogP) is 5.97. The molecule has 0 radical (unpaired) electrons. The van der Waals surface area contributed by atoms with Crippen molar-refractivity contribution in [2.24, 2.45) is 0 Å². The number of nitrogens with one attached hydrogen (secondary N) is 1. The van der Waals surface area contributed by atoms with Crippen LogP contribution in [0.3, 0.4) is 0 Å². The maximum atomic E-state index is 12.0. The van der Waals surface area contributed by atoms with Crippen molar-refractivity contribution in [3.63, 3.8) is 0 Å². The lowest BCUT2D eigenvalue weighted by Gasteiger charge is -2.38. The van der Waals surface area contributed by atoms with Crippen LogP contribution in [0, 0.1) is 0 Å². The zero-order chi connectivity index (χ0) is 27.7. The van der Waals surface area contributed by atoms with Gasteiger partial charge in [-0.25, -0.2) is 0 Å². The van der Waals surface area contributed by atoms with Gasteiger partial charge in [0.1, 0.15) is 11.2 Å². The molecule has 1 N–H and O–H groups in total. The highest BCUT2D eigenvalue weighted by Crippen LogP contribution is 2.22. The zero-order valence-corrected chi connectivity index (χ0v) is 25.0. The molecule has 0 aliphatic carbocycles. The third-order valence-corrected chi connectivity index (χ3v) is 5.15. The normalized spacial score (nSPS) is 14.5. The first-order valence-electron chi connectivity index (χ1n) is 13.0. The fraction of sp³-hybridized carbons (Fsp3) is 0.929. The third kappa shape index (κ3) is 19.7. The molecule has 0 saturated heterocycles. The molecule has 0 aromatic heterocycles. The van der Waals surface area contributed by atoms with Crippen LogP contribution in [0.5, 0.6) is 0 Å². The second kappa shape index (κ2) is 13.4. The highest BCUT2D eigenvalue weighted by molar-refractivity contribution is 5.70. The Hall–Kier alpha value is -1.18. The first kappa shape index (κ1) is 33.8. The highest BCUT2D eigenvalue weighted by Gasteiger charge is 2.30. The summed E-state index contributed by atoms with van der Waals surface area (Å²) in [6, 6.07) is 0. The molecule has 0 fully saturated rings. The summed E-state index contributed by atoms with van der Waals surface area (Å²) in [6.45, 7) is 26.9. The summed E-state index contributed by atoms with van der Waals surface area (Å²) in [6.07, 6.45) is 2.68. The molecule has 0 saturated carbocycles. The molecule has 0 aliphatic heterocycles. The van der Waals surface area contributed by atoms with Gasteiger partial charge >= 0.3 is 11.9 Å². The van der Waals surface area contributed by atoms with Crippen LogP contribution in [0.15, 0.2) is 0 Å². The molecule has 1 atom stereocenters. The number of hydrogen-bond donors (Lipinski definition) is 1. The minimum Gasteiger partial charge on any atom is -0.460 e. The number of esters is 2. The molecule has 0 amide bonds. The molecule has 0 rings (SSSR count). The summed E-state index contributed by atoms with van der Waals surface area (Å²) < 4.78 is 22.9. The van der Waals surface area contributed by atoms with E-state index >= 15 is 0 Å². The second-order valence-corrected chi connectivity index (χ2v) is 13.6. The summed E-state index contributed by atoms with van der Waals surface area (Å²) in [5.74, 6) is -0.390. The summed E-state index contributed by atoms with van der Waals surface area (Å²) in [7, 11) is 0. The van der Waals surface area contributed by atoms with Crippen molar-refractivity contribution < 1.29 is 28.5 Å². The van der Waals surface area contributed by atoms with E-state index in [1.165, 1.54) is 0 Å². The molecule has 0 aromatic rings. The lowest BCUT2D eigenvalue weighted by atomic mass is 9.94. The van der Waals surface area contributed by atoms with Crippen molar-refractivity contribution in [2.45, 2.75) is 156 Å². The van der Waals surface area contributed by atoms with E-state index < -0.39 is 16.8 Å². The largest absolute Gasteiger partial charge is 0.460 e. The van der Waals surface area contributed by atoms with Crippen molar-refractivity contribution in [3.05, 3.63) is 0 Å². The van der Waals surface area contributed by atoms with Crippen LogP contribution >= 0.6 is 0 Å². The van der Waals surface area contributed by atoms with Crippen LogP contribution < -0.4 is 5.32 Å².